The molecule has 5 heteroatoms. The maximum Gasteiger partial charge on any atom is 0.275 e. The Labute approximate surface area is 62.7 Å². The van der Waals surface area contributed by atoms with Crippen molar-refractivity contribution < 1.29 is 13.6 Å². The molecule has 0 saturated carbocycles. The Hall–Kier alpha value is -0.580. The molecule has 0 aromatic heterocycles. The zero-order chi connectivity index (χ0) is 8.15. The minimum absolute atomic E-state index is 0.215. The van der Waals surface area contributed by atoms with Crippen molar-refractivity contribution in [3.63, 3.8) is 0 Å². The van der Waals surface area contributed by atoms with Crippen molar-refractivity contribution in [2.75, 3.05) is 0 Å². The maximum absolute atomic E-state index is 11.3. The van der Waals surface area contributed by atoms with Gasteiger partial charge in [-0.05, 0) is 6.92 Å². The van der Waals surface area contributed by atoms with Crippen LogP contribution in [0.5, 0.6) is 0 Å². The third-order valence-electron chi connectivity index (χ3n) is 0.591. The minimum Gasteiger partial charge on any atom is -0.341 e. The molecule has 0 fully saturated rings. The Kier molecular flexibility index (Phi) is 4.02. The first-order valence-electron chi connectivity index (χ1n) is 2.53. The van der Waals surface area contributed by atoms with Gasteiger partial charge in [-0.2, -0.15) is 21.4 Å². The SMILES string of the molecule is CC(S)NC(=O)C=C(F)F. The lowest BCUT2D eigenvalue weighted by atomic mass is 10.5. The van der Waals surface area contributed by atoms with E-state index in [-0.39, 0.29) is 6.08 Å². The summed E-state index contributed by atoms with van der Waals surface area (Å²) in [5, 5.41) is 1.73. The maximum atomic E-state index is 11.3. The molecule has 58 valence electrons. The molecule has 10 heavy (non-hydrogen) atoms. The smallest absolute Gasteiger partial charge is 0.275 e. The number of amides is 1. The quantitative estimate of drug-likeness (QED) is 0.360. The zero-order valence-electron chi connectivity index (χ0n) is 5.27. The predicted molar refractivity (Wildman–Crippen MR) is 36.9 cm³/mol. The summed E-state index contributed by atoms with van der Waals surface area (Å²) in [6.07, 6.45) is -1.79. The first-order chi connectivity index (χ1) is 4.52. The van der Waals surface area contributed by atoms with Crippen LogP contribution in [0.3, 0.4) is 0 Å². The Morgan fingerprint density at radius 3 is 2.50 bits per heavy atom. The second-order valence-electron chi connectivity index (χ2n) is 1.62. The molecule has 2 nitrogen and oxygen atoms in total. The number of carbonyl (C=O) groups is 1. The van der Waals surface area contributed by atoms with Gasteiger partial charge in [0.15, 0.2) is 0 Å². The van der Waals surface area contributed by atoms with Crippen molar-refractivity contribution in [3.05, 3.63) is 12.2 Å². The molecule has 0 spiro atoms. The largest absolute Gasteiger partial charge is 0.341 e. The molecule has 0 aliphatic rings. The molecule has 0 bridgehead atoms. The molecular formula is C5H7F2NOS. The van der Waals surface area contributed by atoms with E-state index in [9.17, 15) is 13.6 Å². The molecule has 0 saturated heterocycles. The van der Waals surface area contributed by atoms with Gasteiger partial charge in [0.1, 0.15) is 0 Å². The standard InChI is InChI=1S/C5H7F2NOS/c1-3(10)8-5(9)2-4(6)7/h2-3,10H,1H3,(H,8,9). The first-order valence-corrected chi connectivity index (χ1v) is 3.05. The molecule has 0 rings (SSSR count). The van der Waals surface area contributed by atoms with Crippen LogP contribution in [0.2, 0.25) is 0 Å². The van der Waals surface area contributed by atoms with E-state index in [1.54, 1.807) is 6.92 Å². The van der Waals surface area contributed by atoms with Gasteiger partial charge in [-0.3, -0.25) is 4.79 Å². The molecule has 0 aromatic rings. The van der Waals surface area contributed by atoms with Crippen molar-refractivity contribution in [2.24, 2.45) is 0 Å². The number of hydrogen-bond donors (Lipinski definition) is 2. The Bertz CT molecular complexity index is 154. The molecule has 0 aliphatic carbocycles. The van der Waals surface area contributed by atoms with Crippen molar-refractivity contribution in [2.45, 2.75) is 12.3 Å². The Morgan fingerprint density at radius 1 is 1.70 bits per heavy atom. The summed E-state index contributed by atoms with van der Waals surface area (Å²) in [5.41, 5.74) is 0. The fourth-order valence-electron chi connectivity index (χ4n) is 0.347. The number of thiol groups is 1. The number of carbonyl (C=O) groups excluding carboxylic acids is 1. The van der Waals surface area contributed by atoms with Crippen LogP contribution >= 0.6 is 12.6 Å². The van der Waals surface area contributed by atoms with Gasteiger partial charge < -0.3 is 5.32 Å². The molecule has 1 amide bonds. The van der Waals surface area contributed by atoms with Crippen molar-refractivity contribution in [1.82, 2.24) is 5.32 Å². The summed E-state index contributed by atoms with van der Waals surface area (Å²) in [7, 11) is 0. The molecule has 0 heterocycles. The average Bonchev–Trinajstić information content (AvgIpc) is 1.58. The van der Waals surface area contributed by atoms with Gasteiger partial charge in [0.2, 0.25) is 5.91 Å². The minimum atomic E-state index is -2.01. The topological polar surface area (TPSA) is 29.1 Å². The van der Waals surface area contributed by atoms with Gasteiger partial charge in [0.05, 0.1) is 11.4 Å². The molecule has 1 unspecified atom stereocenters. The zero-order valence-corrected chi connectivity index (χ0v) is 6.16. The summed E-state index contributed by atoms with van der Waals surface area (Å²) in [6.45, 7) is 1.56. The van der Waals surface area contributed by atoms with E-state index in [2.05, 4.69) is 17.9 Å². The van der Waals surface area contributed by atoms with Gasteiger partial charge in [-0.25, -0.2) is 0 Å². The Balaban J connectivity index is 3.76. The van der Waals surface area contributed by atoms with E-state index in [1.807, 2.05) is 0 Å². The van der Waals surface area contributed by atoms with Crippen molar-refractivity contribution in [3.8, 4) is 0 Å². The predicted octanol–water partition coefficient (Wildman–Crippen LogP) is 1.16. The lowest BCUT2D eigenvalue weighted by Crippen LogP contribution is -2.26. The van der Waals surface area contributed by atoms with Gasteiger partial charge >= 0.3 is 0 Å². The monoisotopic (exact) mass is 167 g/mol. The summed E-state index contributed by atoms with van der Waals surface area (Å²) >= 11 is 3.75. The molecule has 0 aliphatic heterocycles. The molecular weight excluding hydrogens is 160 g/mol. The van der Waals surface area contributed by atoms with E-state index in [4.69, 9.17) is 0 Å². The van der Waals surface area contributed by atoms with Crippen LogP contribution in [0.4, 0.5) is 8.78 Å². The normalized spacial score (nSPS) is 12.0. The fourth-order valence-corrected chi connectivity index (χ4v) is 0.474. The first kappa shape index (κ1) is 9.42. The second kappa shape index (κ2) is 4.27. The van der Waals surface area contributed by atoms with Gasteiger partial charge in [-0.15, -0.1) is 0 Å². The van der Waals surface area contributed by atoms with Crippen LogP contribution in [0, 0.1) is 0 Å². The third-order valence-corrected chi connectivity index (χ3v) is 0.720. The van der Waals surface area contributed by atoms with Crippen LogP contribution in [0.1, 0.15) is 6.92 Å². The Morgan fingerprint density at radius 2 is 2.20 bits per heavy atom. The van der Waals surface area contributed by atoms with Crippen LogP contribution in [-0.2, 0) is 4.79 Å². The summed E-state index contributed by atoms with van der Waals surface area (Å²) < 4.78 is 22.6. The molecule has 0 aromatic carbocycles. The molecule has 1 N–H and O–H groups in total. The van der Waals surface area contributed by atoms with Crippen LogP contribution < -0.4 is 5.32 Å². The molecule has 1 atom stereocenters. The third kappa shape index (κ3) is 5.55. The van der Waals surface area contributed by atoms with Gasteiger partial charge in [-0.1, -0.05) is 0 Å². The second-order valence-corrected chi connectivity index (χ2v) is 2.39. The fraction of sp³-hybridized carbons (Fsp3) is 0.400. The average molecular weight is 167 g/mol. The number of nitrogens with one attached hydrogen (secondary N) is 1. The van der Waals surface area contributed by atoms with Gasteiger partial charge in [0.25, 0.3) is 6.08 Å². The highest BCUT2D eigenvalue weighted by Crippen LogP contribution is 1.95. The highest BCUT2D eigenvalue weighted by atomic mass is 32.1. The number of rotatable bonds is 2. The van der Waals surface area contributed by atoms with E-state index >= 15 is 0 Å². The van der Waals surface area contributed by atoms with Crippen LogP contribution in [0.25, 0.3) is 0 Å². The lowest BCUT2D eigenvalue weighted by molar-refractivity contribution is -0.116. The van der Waals surface area contributed by atoms with E-state index < -0.39 is 17.4 Å². The van der Waals surface area contributed by atoms with E-state index in [0.29, 0.717) is 0 Å². The van der Waals surface area contributed by atoms with Gasteiger partial charge in [0, 0.05) is 0 Å². The van der Waals surface area contributed by atoms with E-state index in [1.165, 1.54) is 0 Å². The summed E-state index contributed by atoms with van der Waals surface area (Å²) in [5.74, 6) is -0.831. The van der Waals surface area contributed by atoms with Crippen LogP contribution in [-0.4, -0.2) is 11.3 Å². The number of halogens is 2. The molecule has 0 radical (unpaired) electrons. The highest BCUT2D eigenvalue weighted by molar-refractivity contribution is 7.80. The van der Waals surface area contributed by atoms with E-state index in [0.717, 1.165) is 0 Å². The summed E-state index contributed by atoms with van der Waals surface area (Å²) in [6, 6.07) is 0. The van der Waals surface area contributed by atoms with Crippen LogP contribution in [0.15, 0.2) is 12.2 Å². The summed E-state index contributed by atoms with van der Waals surface area (Å²) in [4.78, 5) is 10.3. The van der Waals surface area contributed by atoms with Crippen molar-refractivity contribution >= 4 is 18.5 Å². The van der Waals surface area contributed by atoms with Crippen molar-refractivity contribution in [1.29, 1.82) is 0 Å². The number of hydrogen-bond acceptors (Lipinski definition) is 2. The lowest BCUT2D eigenvalue weighted by Gasteiger charge is -2.02. The highest BCUT2D eigenvalue weighted by Gasteiger charge is 2.00.